The van der Waals surface area contributed by atoms with Crippen molar-refractivity contribution in [2.75, 3.05) is 6.54 Å². The molecule has 3 atom stereocenters. The molecule has 0 bridgehead atoms. The van der Waals surface area contributed by atoms with Crippen LogP contribution < -0.4 is 11.1 Å². The van der Waals surface area contributed by atoms with Gasteiger partial charge < -0.3 is 16.2 Å². The van der Waals surface area contributed by atoms with E-state index in [1.165, 1.54) is 0 Å². The molecule has 1 fully saturated rings. The molecule has 17 heavy (non-hydrogen) atoms. The third-order valence-electron chi connectivity index (χ3n) is 3.47. The Morgan fingerprint density at radius 1 is 1.53 bits per heavy atom. The van der Waals surface area contributed by atoms with Crippen molar-refractivity contribution in [2.45, 2.75) is 25.4 Å². The first-order chi connectivity index (χ1) is 8.08. The maximum absolute atomic E-state index is 10.9. The summed E-state index contributed by atoms with van der Waals surface area (Å²) in [5.41, 5.74) is 7.31. The van der Waals surface area contributed by atoms with Gasteiger partial charge in [-0.05, 0) is 30.0 Å². The molecule has 1 heterocycles. The van der Waals surface area contributed by atoms with Crippen LogP contribution in [-0.2, 0) is 0 Å². The Balaban J connectivity index is 2.17. The van der Waals surface area contributed by atoms with Crippen LogP contribution in [0, 0.1) is 5.92 Å². The molecular formula is C13H18N2O2. The van der Waals surface area contributed by atoms with Crippen LogP contribution in [0.2, 0.25) is 0 Å². The number of benzene rings is 1. The molecular weight excluding hydrogens is 216 g/mol. The summed E-state index contributed by atoms with van der Waals surface area (Å²) in [6, 6.07) is 7.51. The molecule has 1 aromatic rings. The second kappa shape index (κ2) is 4.85. The van der Waals surface area contributed by atoms with Gasteiger partial charge >= 0.3 is 5.97 Å². The minimum Gasteiger partial charge on any atom is -0.478 e. The number of hydrogen-bond acceptors (Lipinski definition) is 3. The lowest BCUT2D eigenvalue weighted by Crippen LogP contribution is -2.46. The molecule has 4 N–H and O–H groups in total. The molecule has 3 unspecified atom stereocenters. The zero-order valence-electron chi connectivity index (χ0n) is 9.89. The zero-order chi connectivity index (χ0) is 12.4. The summed E-state index contributed by atoms with van der Waals surface area (Å²) in [5, 5.41) is 12.3. The third kappa shape index (κ3) is 2.65. The van der Waals surface area contributed by atoms with E-state index in [2.05, 4.69) is 12.2 Å². The van der Waals surface area contributed by atoms with E-state index < -0.39 is 5.97 Å². The minimum absolute atomic E-state index is 0.189. The number of aromatic carboxylic acids is 1. The average molecular weight is 234 g/mol. The van der Waals surface area contributed by atoms with E-state index in [0.717, 1.165) is 18.5 Å². The highest BCUT2D eigenvalue weighted by Gasteiger charge is 2.25. The van der Waals surface area contributed by atoms with Gasteiger partial charge in [0.2, 0.25) is 0 Å². The Hall–Kier alpha value is -1.39. The maximum atomic E-state index is 10.9. The van der Waals surface area contributed by atoms with Crippen molar-refractivity contribution < 1.29 is 9.90 Å². The zero-order valence-corrected chi connectivity index (χ0v) is 9.89. The van der Waals surface area contributed by atoms with Gasteiger partial charge in [0.05, 0.1) is 5.56 Å². The summed E-state index contributed by atoms with van der Waals surface area (Å²) >= 11 is 0. The minimum atomic E-state index is -0.882. The SMILES string of the molecule is CC1CC(c2cccc(C(=O)O)c2)NCC1N. The van der Waals surface area contributed by atoms with Crippen LogP contribution in [0.25, 0.3) is 0 Å². The van der Waals surface area contributed by atoms with Crippen LogP contribution in [0.3, 0.4) is 0 Å². The maximum Gasteiger partial charge on any atom is 0.335 e. The van der Waals surface area contributed by atoms with E-state index in [0.29, 0.717) is 11.5 Å². The van der Waals surface area contributed by atoms with E-state index in [-0.39, 0.29) is 12.1 Å². The molecule has 2 rings (SSSR count). The predicted octanol–water partition coefficient (Wildman–Crippen LogP) is 1.38. The lowest BCUT2D eigenvalue weighted by Gasteiger charge is -2.33. The molecule has 92 valence electrons. The highest BCUT2D eigenvalue weighted by molar-refractivity contribution is 5.87. The smallest absolute Gasteiger partial charge is 0.335 e. The van der Waals surface area contributed by atoms with E-state index in [4.69, 9.17) is 10.8 Å². The fourth-order valence-electron chi connectivity index (χ4n) is 2.25. The van der Waals surface area contributed by atoms with Gasteiger partial charge in [0.15, 0.2) is 0 Å². The van der Waals surface area contributed by atoms with Crippen molar-refractivity contribution in [3.63, 3.8) is 0 Å². The largest absolute Gasteiger partial charge is 0.478 e. The Bertz CT molecular complexity index is 420. The number of piperidine rings is 1. The fourth-order valence-corrected chi connectivity index (χ4v) is 2.25. The summed E-state index contributed by atoms with van der Waals surface area (Å²) in [6.45, 7) is 2.92. The molecule has 0 amide bonds. The first kappa shape index (κ1) is 12.1. The monoisotopic (exact) mass is 234 g/mol. The second-order valence-electron chi connectivity index (χ2n) is 4.77. The number of rotatable bonds is 2. The molecule has 1 aliphatic rings. The standard InChI is InChI=1S/C13H18N2O2/c1-8-5-12(15-7-11(8)14)9-3-2-4-10(6-9)13(16)17/h2-4,6,8,11-12,15H,5,7,14H2,1H3,(H,16,17). The molecule has 0 aliphatic carbocycles. The van der Waals surface area contributed by atoms with Gasteiger partial charge in [0.1, 0.15) is 0 Å². The Labute approximate surface area is 101 Å². The van der Waals surface area contributed by atoms with Crippen LogP contribution in [0.1, 0.15) is 35.3 Å². The van der Waals surface area contributed by atoms with Gasteiger partial charge in [-0.3, -0.25) is 0 Å². The molecule has 1 aliphatic heterocycles. The quantitative estimate of drug-likeness (QED) is 0.722. The molecule has 4 heteroatoms. The molecule has 0 aromatic heterocycles. The molecule has 0 spiro atoms. The molecule has 4 nitrogen and oxygen atoms in total. The van der Waals surface area contributed by atoms with Crippen LogP contribution in [0.15, 0.2) is 24.3 Å². The van der Waals surface area contributed by atoms with Crippen molar-refractivity contribution in [2.24, 2.45) is 11.7 Å². The molecule has 1 aromatic carbocycles. The predicted molar refractivity (Wildman–Crippen MR) is 65.9 cm³/mol. The van der Waals surface area contributed by atoms with Crippen LogP contribution in [-0.4, -0.2) is 23.7 Å². The third-order valence-corrected chi connectivity index (χ3v) is 3.47. The number of carboxylic acid groups (broad SMARTS) is 1. The van der Waals surface area contributed by atoms with Crippen molar-refractivity contribution in [3.8, 4) is 0 Å². The Morgan fingerprint density at radius 3 is 2.94 bits per heavy atom. The highest BCUT2D eigenvalue weighted by atomic mass is 16.4. The number of carboxylic acids is 1. The average Bonchev–Trinajstić information content (AvgIpc) is 2.33. The molecule has 0 saturated carbocycles. The summed E-state index contributed by atoms with van der Waals surface area (Å²) < 4.78 is 0. The summed E-state index contributed by atoms with van der Waals surface area (Å²) in [4.78, 5) is 10.9. The highest BCUT2D eigenvalue weighted by Crippen LogP contribution is 2.26. The lowest BCUT2D eigenvalue weighted by atomic mass is 9.87. The van der Waals surface area contributed by atoms with Crippen LogP contribution in [0.5, 0.6) is 0 Å². The van der Waals surface area contributed by atoms with Gasteiger partial charge in [-0.2, -0.15) is 0 Å². The first-order valence-electron chi connectivity index (χ1n) is 5.90. The van der Waals surface area contributed by atoms with Crippen LogP contribution in [0.4, 0.5) is 0 Å². The second-order valence-corrected chi connectivity index (χ2v) is 4.77. The van der Waals surface area contributed by atoms with Gasteiger partial charge in [0.25, 0.3) is 0 Å². The van der Waals surface area contributed by atoms with E-state index in [1.54, 1.807) is 18.2 Å². The molecule has 0 radical (unpaired) electrons. The fraction of sp³-hybridized carbons (Fsp3) is 0.462. The van der Waals surface area contributed by atoms with Crippen molar-refractivity contribution >= 4 is 5.97 Å². The van der Waals surface area contributed by atoms with Gasteiger partial charge in [-0.15, -0.1) is 0 Å². The van der Waals surface area contributed by atoms with Gasteiger partial charge in [-0.1, -0.05) is 19.1 Å². The lowest BCUT2D eigenvalue weighted by molar-refractivity contribution is 0.0696. The van der Waals surface area contributed by atoms with E-state index in [1.807, 2.05) is 6.07 Å². The van der Waals surface area contributed by atoms with Crippen molar-refractivity contribution in [3.05, 3.63) is 35.4 Å². The summed E-state index contributed by atoms with van der Waals surface area (Å²) in [6.07, 6.45) is 0.949. The van der Waals surface area contributed by atoms with Crippen molar-refractivity contribution in [1.29, 1.82) is 0 Å². The van der Waals surface area contributed by atoms with Crippen LogP contribution >= 0.6 is 0 Å². The van der Waals surface area contributed by atoms with Gasteiger partial charge in [-0.25, -0.2) is 4.79 Å². The van der Waals surface area contributed by atoms with E-state index in [9.17, 15) is 4.79 Å². The number of nitrogens with two attached hydrogens (primary N) is 1. The topological polar surface area (TPSA) is 75.3 Å². The Morgan fingerprint density at radius 2 is 2.29 bits per heavy atom. The molecule has 1 saturated heterocycles. The normalized spacial score (nSPS) is 28.9. The van der Waals surface area contributed by atoms with Gasteiger partial charge in [0, 0.05) is 18.6 Å². The number of carbonyl (C=O) groups is 1. The Kier molecular flexibility index (Phi) is 3.45. The van der Waals surface area contributed by atoms with Crippen molar-refractivity contribution in [1.82, 2.24) is 5.32 Å². The first-order valence-corrected chi connectivity index (χ1v) is 5.90. The number of nitrogens with one attached hydrogen (secondary N) is 1. The van der Waals surface area contributed by atoms with E-state index >= 15 is 0 Å². The number of hydrogen-bond donors (Lipinski definition) is 3. The summed E-state index contributed by atoms with van der Waals surface area (Å²) in [5.74, 6) is -0.429. The summed E-state index contributed by atoms with van der Waals surface area (Å²) in [7, 11) is 0.